The van der Waals surface area contributed by atoms with Crippen LogP contribution in [-0.2, 0) is 16.1 Å². The van der Waals surface area contributed by atoms with Gasteiger partial charge in [0.2, 0.25) is 5.91 Å². The van der Waals surface area contributed by atoms with Crippen molar-refractivity contribution in [1.29, 1.82) is 0 Å². The van der Waals surface area contributed by atoms with Crippen LogP contribution in [0.4, 0.5) is 0 Å². The van der Waals surface area contributed by atoms with Gasteiger partial charge in [-0.2, -0.15) is 0 Å². The van der Waals surface area contributed by atoms with Crippen LogP contribution in [0.1, 0.15) is 24.0 Å². The monoisotopic (exact) mass is 262 g/mol. The van der Waals surface area contributed by atoms with Gasteiger partial charge in [0.1, 0.15) is 0 Å². The molecule has 1 amide bonds. The molecule has 1 heterocycles. The average molecular weight is 262 g/mol. The van der Waals surface area contributed by atoms with Gasteiger partial charge < -0.3 is 15.4 Å². The van der Waals surface area contributed by atoms with Crippen LogP contribution in [0.25, 0.3) is 0 Å². The molecule has 2 rings (SSSR count). The molecule has 19 heavy (non-hydrogen) atoms. The third-order valence-electron chi connectivity index (χ3n) is 3.64. The topological polar surface area (TPSA) is 55.6 Å². The van der Waals surface area contributed by atoms with Crippen molar-refractivity contribution in [2.24, 2.45) is 5.73 Å². The molecule has 0 spiro atoms. The zero-order chi connectivity index (χ0) is 13.7. The van der Waals surface area contributed by atoms with Gasteiger partial charge in [-0.3, -0.25) is 4.79 Å². The fraction of sp³-hybridized carbons (Fsp3) is 0.533. The highest BCUT2D eigenvalue weighted by atomic mass is 16.5. The first kappa shape index (κ1) is 14.0. The molecule has 1 unspecified atom stereocenters. The van der Waals surface area contributed by atoms with Gasteiger partial charge >= 0.3 is 0 Å². The smallest absolute Gasteiger partial charge is 0.236 e. The van der Waals surface area contributed by atoms with Crippen molar-refractivity contribution in [2.45, 2.75) is 32.5 Å². The summed E-state index contributed by atoms with van der Waals surface area (Å²) in [7, 11) is 0. The number of nitrogens with two attached hydrogens (primary N) is 1. The maximum atomic E-state index is 11.6. The van der Waals surface area contributed by atoms with Gasteiger partial charge in [0, 0.05) is 13.1 Å². The largest absolute Gasteiger partial charge is 0.372 e. The molecule has 1 aromatic rings. The maximum absolute atomic E-state index is 11.6. The van der Waals surface area contributed by atoms with E-state index in [0.29, 0.717) is 13.2 Å². The van der Waals surface area contributed by atoms with Crippen molar-refractivity contribution >= 4 is 5.91 Å². The molecule has 0 aliphatic carbocycles. The fourth-order valence-corrected chi connectivity index (χ4v) is 2.41. The Morgan fingerprint density at radius 2 is 2.26 bits per heavy atom. The quantitative estimate of drug-likeness (QED) is 0.893. The molecule has 0 radical (unpaired) electrons. The summed E-state index contributed by atoms with van der Waals surface area (Å²) in [4.78, 5) is 13.4. The Morgan fingerprint density at radius 3 is 3.00 bits per heavy atom. The third kappa shape index (κ3) is 3.78. The van der Waals surface area contributed by atoms with Gasteiger partial charge in [-0.25, -0.2) is 0 Å². The first-order chi connectivity index (χ1) is 9.20. The highest BCUT2D eigenvalue weighted by molar-refractivity contribution is 5.78. The van der Waals surface area contributed by atoms with Crippen molar-refractivity contribution in [3.8, 4) is 0 Å². The lowest BCUT2D eigenvalue weighted by Gasteiger charge is -2.32. The Hall–Kier alpha value is -1.39. The van der Waals surface area contributed by atoms with E-state index >= 15 is 0 Å². The van der Waals surface area contributed by atoms with Gasteiger partial charge in [0.05, 0.1) is 19.3 Å². The van der Waals surface area contributed by atoms with E-state index < -0.39 is 0 Å². The SMILES string of the molecule is Cc1ccccc1COC1CCCN(C(=O)CN)C1. The normalized spacial score (nSPS) is 19.5. The number of aryl methyl sites for hydroxylation is 1. The Bertz CT molecular complexity index is 434. The second-order valence-corrected chi connectivity index (χ2v) is 5.05. The third-order valence-corrected chi connectivity index (χ3v) is 3.64. The number of carbonyl (C=O) groups excluding carboxylic acids is 1. The van der Waals surface area contributed by atoms with Crippen LogP contribution in [0.2, 0.25) is 0 Å². The Labute approximate surface area is 114 Å². The predicted octanol–water partition coefficient (Wildman–Crippen LogP) is 1.46. The lowest BCUT2D eigenvalue weighted by atomic mass is 10.1. The van der Waals surface area contributed by atoms with E-state index in [1.807, 2.05) is 17.0 Å². The highest BCUT2D eigenvalue weighted by Crippen LogP contribution is 2.16. The molecule has 1 atom stereocenters. The first-order valence-corrected chi connectivity index (χ1v) is 6.84. The molecule has 1 fully saturated rings. The van der Waals surface area contributed by atoms with Gasteiger partial charge in [-0.05, 0) is 30.9 Å². The lowest BCUT2D eigenvalue weighted by molar-refractivity contribution is -0.134. The van der Waals surface area contributed by atoms with E-state index in [4.69, 9.17) is 10.5 Å². The molecule has 4 heteroatoms. The molecule has 0 saturated carbocycles. The van der Waals surface area contributed by atoms with E-state index in [0.717, 1.165) is 19.4 Å². The first-order valence-electron chi connectivity index (χ1n) is 6.84. The molecule has 1 aliphatic rings. The van der Waals surface area contributed by atoms with E-state index in [-0.39, 0.29) is 18.6 Å². The van der Waals surface area contributed by atoms with Crippen LogP contribution < -0.4 is 5.73 Å². The molecule has 1 aromatic carbocycles. The summed E-state index contributed by atoms with van der Waals surface area (Å²) in [5, 5.41) is 0. The molecule has 0 aromatic heterocycles. The summed E-state index contributed by atoms with van der Waals surface area (Å²) < 4.78 is 5.94. The zero-order valence-corrected chi connectivity index (χ0v) is 11.5. The molecule has 0 bridgehead atoms. The van der Waals surface area contributed by atoms with Crippen LogP contribution in [0.5, 0.6) is 0 Å². The number of piperidine rings is 1. The summed E-state index contributed by atoms with van der Waals surface area (Å²) in [5.41, 5.74) is 7.86. The van der Waals surface area contributed by atoms with Gasteiger partial charge in [0.25, 0.3) is 0 Å². The van der Waals surface area contributed by atoms with Gasteiger partial charge in [-0.1, -0.05) is 24.3 Å². The van der Waals surface area contributed by atoms with E-state index in [9.17, 15) is 4.79 Å². The zero-order valence-electron chi connectivity index (χ0n) is 11.5. The summed E-state index contributed by atoms with van der Waals surface area (Å²) in [6.07, 6.45) is 2.13. The minimum absolute atomic E-state index is 0.0178. The second-order valence-electron chi connectivity index (χ2n) is 5.05. The number of carbonyl (C=O) groups is 1. The molecular weight excluding hydrogens is 240 g/mol. The Kier molecular flexibility index (Phi) is 4.93. The highest BCUT2D eigenvalue weighted by Gasteiger charge is 2.23. The van der Waals surface area contributed by atoms with E-state index in [1.54, 1.807) is 0 Å². The molecule has 1 saturated heterocycles. The van der Waals surface area contributed by atoms with Crippen molar-refractivity contribution in [1.82, 2.24) is 4.90 Å². The van der Waals surface area contributed by atoms with Crippen LogP contribution in [0, 0.1) is 6.92 Å². The van der Waals surface area contributed by atoms with Crippen LogP contribution in [0.15, 0.2) is 24.3 Å². The van der Waals surface area contributed by atoms with Gasteiger partial charge in [-0.15, -0.1) is 0 Å². The Balaban J connectivity index is 1.86. The number of likely N-dealkylation sites (tertiary alicyclic amines) is 1. The number of benzene rings is 1. The van der Waals surface area contributed by atoms with Crippen LogP contribution in [0.3, 0.4) is 0 Å². The number of hydrogen-bond acceptors (Lipinski definition) is 3. The number of amides is 1. The number of hydrogen-bond donors (Lipinski definition) is 1. The number of rotatable bonds is 4. The molecular formula is C15H22N2O2. The fourth-order valence-electron chi connectivity index (χ4n) is 2.41. The van der Waals surface area contributed by atoms with Crippen molar-refractivity contribution in [3.05, 3.63) is 35.4 Å². The predicted molar refractivity (Wildman–Crippen MR) is 74.6 cm³/mol. The second kappa shape index (κ2) is 6.68. The molecule has 1 aliphatic heterocycles. The number of ether oxygens (including phenoxy) is 1. The summed E-state index contributed by atoms with van der Waals surface area (Å²) >= 11 is 0. The molecule has 2 N–H and O–H groups in total. The van der Waals surface area contributed by atoms with E-state index in [2.05, 4.69) is 19.1 Å². The van der Waals surface area contributed by atoms with Crippen LogP contribution in [-0.4, -0.2) is 36.5 Å². The summed E-state index contributed by atoms with van der Waals surface area (Å²) in [6.45, 7) is 4.26. The minimum Gasteiger partial charge on any atom is -0.372 e. The van der Waals surface area contributed by atoms with Gasteiger partial charge in [0.15, 0.2) is 0 Å². The van der Waals surface area contributed by atoms with Crippen molar-refractivity contribution in [2.75, 3.05) is 19.6 Å². The standard InChI is InChI=1S/C15H22N2O2/c1-12-5-2-3-6-13(12)11-19-14-7-4-8-17(10-14)15(18)9-16/h2-3,5-6,14H,4,7-11,16H2,1H3. The summed E-state index contributed by atoms with van der Waals surface area (Å²) in [6, 6.07) is 8.22. The van der Waals surface area contributed by atoms with Crippen LogP contribution >= 0.6 is 0 Å². The molecule has 4 nitrogen and oxygen atoms in total. The van der Waals surface area contributed by atoms with Crippen molar-refractivity contribution in [3.63, 3.8) is 0 Å². The Morgan fingerprint density at radius 1 is 1.47 bits per heavy atom. The number of nitrogens with zero attached hydrogens (tertiary/aromatic N) is 1. The molecule has 104 valence electrons. The van der Waals surface area contributed by atoms with E-state index in [1.165, 1.54) is 11.1 Å². The minimum atomic E-state index is 0.0178. The van der Waals surface area contributed by atoms with Crippen molar-refractivity contribution < 1.29 is 9.53 Å². The average Bonchev–Trinajstić information content (AvgIpc) is 2.46. The lowest BCUT2D eigenvalue weighted by Crippen LogP contribution is -2.45. The summed E-state index contributed by atoms with van der Waals surface area (Å²) in [5.74, 6) is 0.0178. The maximum Gasteiger partial charge on any atom is 0.236 e.